The summed E-state index contributed by atoms with van der Waals surface area (Å²) in [6.45, 7) is 1.32. The summed E-state index contributed by atoms with van der Waals surface area (Å²) in [5, 5.41) is 1.79. The molecule has 3 nitrogen and oxygen atoms in total. The van der Waals surface area contributed by atoms with Crippen LogP contribution in [0.15, 0.2) is 60.7 Å². The lowest BCUT2D eigenvalue weighted by molar-refractivity contribution is -0.0441. The molecule has 0 radical (unpaired) electrons. The Morgan fingerprint density at radius 2 is 1.88 bits per heavy atom. The van der Waals surface area contributed by atoms with Crippen molar-refractivity contribution in [3.05, 3.63) is 82.5 Å². The first-order valence-corrected chi connectivity index (χ1v) is 8.71. The number of ether oxygens (including phenoxy) is 2. The fourth-order valence-corrected chi connectivity index (χ4v) is 3.10. The summed E-state index contributed by atoms with van der Waals surface area (Å²) in [6, 6.07) is 18.2. The van der Waals surface area contributed by atoms with Crippen LogP contribution in [0.3, 0.4) is 0 Å². The highest BCUT2D eigenvalue weighted by Crippen LogP contribution is 2.24. The monoisotopic (exact) mass is 351 g/mol. The largest absolute Gasteiger partial charge is 0.346 e. The average Bonchev–Trinajstić information content (AvgIpc) is 3.16. The molecule has 1 aliphatic rings. The van der Waals surface area contributed by atoms with Crippen LogP contribution in [0, 0.1) is 0 Å². The van der Waals surface area contributed by atoms with Gasteiger partial charge in [0.1, 0.15) is 0 Å². The molecule has 3 aromatic rings. The van der Waals surface area contributed by atoms with E-state index in [1.807, 2.05) is 42.5 Å². The molecule has 2 aromatic carbocycles. The van der Waals surface area contributed by atoms with Crippen molar-refractivity contribution in [3.63, 3.8) is 0 Å². The van der Waals surface area contributed by atoms with E-state index >= 15 is 0 Å². The van der Waals surface area contributed by atoms with Crippen LogP contribution in [0.25, 0.3) is 17.0 Å². The van der Waals surface area contributed by atoms with Crippen molar-refractivity contribution < 1.29 is 9.47 Å². The molecule has 0 saturated carbocycles. The van der Waals surface area contributed by atoms with Crippen LogP contribution in [0.1, 0.15) is 23.1 Å². The highest BCUT2D eigenvalue weighted by atomic mass is 35.5. The summed E-state index contributed by atoms with van der Waals surface area (Å²) in [4.78, 5) is 4.64. The van der Waals surface area contributed by atoms with Gasteiger partial charge in [0.15, 0.2) is 6.29 Å². The molecular weight excluding hydrogens is 334 g/mol. The maximum Gasteiger partial charge on any atom is 0.184 e. The molecular formula is C21H18ClNO2. The third kappa shape index (κ3) is 3.90. The fourth-order valence-electron chi connectivity index (χ4n) is 2.93. The van der Waals surface area contributed by atoms with Gasteiger partial charge in [-0.05, 0) is 36.3 Å². The van der Waals surface area contributed by atoms with Gasteiger partial charge in [-0.15, -0.1) is 0 Å². The number of halogens is 1. The summed E-state index contributed by atoms with van der Waals surface area (Å²) in [7, 11) is 0. The molecule has 4 heteroatoms. The molecule has 0 amide bonds. The minimum Gasteiger partial charge on any atom is -0.346 e. The Balaban J connectivity index is 1.48. The standard InChI is InChI=1S/C21H18ClNO2/c22-18-9-7-16-8-10-19(23-20(16)14-18)6-2-4-15-3-1-5-17(13-15)21-24-11-12-25-21/h1-3,5-10,13-14,21H,4,11-12H2/b6-2+. The number of nitrogens with zero attached hydrogens (tertiary/aromatic N) is 1. The molecule has 1 saturated heterocycles. The van der Waals surface area contributed by atoms with Crippen molar-refractivity contribution in [2.75, 3.05) is 13.2 Å². The van der Waals surface area contributed by atoms with E-state index in [2.05, 4.69) is 29.3 Å². The Morgan fingerprint density at radius 1 is 1.04 bits per heavy atom. The quantitative estimate of drug-likeness (QED) is 0.648. The van der Waals surface area contributed by atoms with Crippen molar-refractivity contribution >= 4 is 28.6 Å². The van der Waals surface area contributed by atoms with E-state index in [1.54, 1.807) is 0 Å². The zero-order valence-corrected chi connectivity index (χ0v) is 14.4. The van der Waals surface area contributed by atoms with Crippen LogP contribution in [0.5, 0.6) is 0 Å². The van der Waals surface area contributed by atoms with Crippen molar-refractivity contribution in [2.45, 2.75) is 12.7 Å². The minimum absolute atomic E-state index is 0.226. The van der Waals surface area contributed by atoms with Gasteiger partial charge in [0.2, 0.25) is 0 Å². The summed E-state index contributed by atoms with van der Waals surface area (Å²) < 4.78 is 11.1. The van der Waals surface area contributed by atoms with E-state index in [0.717, 1.165) is 28.6 Å². The molecule has 126 valence electrons. The first-order chi connectivity index (χ1) is 12.3. The van der Waals surface area contributed by atoms with Crippen LogP contribution in [0.2, 0.25) is 5.02 Å². The molecule has 1 aromatic heterocycles. The van der Waals surface area contributed by atoms with Gasteiger partial charge in [-0.2, -0.15) is 0 Å². The molecule has 0 bridgehead atoms. The number of hydrogen-bond donors (Lipinski definition) is 0. The summed E-state index contributed by atoms with van der Waals surface area (Å²) in [6.07, 6.45) is 4.76. The molecule has 25 heavy (non-hydrogen) atoms. The SMILES string of the molecule is Clc1ccc2ccc(/C=C/Cc3cccc(C4OCCO4)c3)nc2c1. The first kappa shape index (κ1) is 16.3. The third-order valence-electron chi connectivity index (χ3n) is 4.16. The van der Waals surface area contributed by atoms with Gasteiger partial charge in [0.05, 0.1) is 24.4 Å². The Hall–Kier alpha value is -2.20. The predicted molar refractivity (Wildman–Crippen MR) is 101 cm³/mol. The van der Waals surface area contributed by atoms with E-state index in [4.69, 9.17) is 21.1 Å². The minimum atomic E-state index is -0.226. The number of fused-ring (bicyclic) bond motifs is 1. The van der Waals surface area contributed by atoms with Gasteiger partial charge in [-0.25, -0.2) is 4.98 Å². The second-order valence-corrected chi connectivity index (χ2v) is 6.43. The van der Waals surface area contributed by atoms with Gasteiger partial charge in [0.25, 0.3) is 0 Å². The molecule has 0 aliphatic carbocycles. The van der Waals surface area contributed by atoms with E-state index in [-0.39, 0.29) is 6.29 Å². The van der Waals surface area contributed by atoms with Gasteiger partial charge in [0, 0.05) is 16.0 Å². The van der Waals surface area contributed by atoms with Crippen molar-refractivity contribution in [2.24, 2.45) is 0 Å². The topological polar surface area (TPSA) is 31.4 Å². The average molecular weight is 352 g/mol. The van der Waals surface area contributed by atoms with E-state index in [0.29, 0.717) is 18.2 Å². The highest BCUT2D eigenvalue weighted by Gasteiger charge is 2.17. The second-order valence-electron chi connectivity index (χ2n) is 6.00. The summed E-state index contributed by atoms with van der Waals surface area (Å²) in [5.74, 6) is 0. The molecule has 1 fully saturated rings. The molecule has 4 rings (SSSR count). The fraction of sp³-hybridized carbons (Fsp3) is 0.190. The molecule has 0 N–H and O–H groups in total. The number of rotatable bonds is 4. The van der Waals surface area contributed by atoms with E-state index < -0.39 is 0 Å². The number of pyridine rings is 1. The smallest absolute Gasteiger partial charge is 0.184 e. The lowest BCUT2D eigenvalue weighted by atomic mass is 10.1. The summed E-state index contributed by atoms with van der Waals surface area (Å²) >= 11 is 6.05. The number of allylic oxidation sites excluding steroid dienone is 1. The number of benzene rings is 2. The van der Waals surface area contributed by atoms with Crippen LogP contribution in [-0.2, 0) is 15.9 Å². The molecule has 0 spiro atoms. The molecule has 1 aliphatic heterocycles. The molecule has 0 unspecified atom stereocenters. The van der Waals surface area contributed by atoms with Crippen molar-refractivity contribution in [3.8, 4) is 0 Å². The molecule has 2 heterocycles. The Bertz CT molecular complexity index is 917. The first-order valence-electron chi connectivity index (χ1n) is 8.33. The third-order valence-corrected chi connectivity index (χ3v) is 4.40. The van der Waals surface area contributed by atoms with E-state index in [1.165, 1.54) is 5.56 Å². The lowest BCUT2D eigenvalue weighted by Gasteiger charge is -2.10. The van der Waals surface area contributed by atoms with Crippen LogP contribution in [0.4, 0.5) is 0 Å². The van der Waals surface area contributed by atoms with Crippen LogP contribution in [-0.4, -0.2) is 18.2 Å². The zero-order chi connectivity index (χ0) is 17.1. The normalized spacial score (nSPS) is 15.4. The van der Waals surface area contributed by atoms with Gasteiger partial charge >= 0.3 is 0 Å². The Labute approximate surface area is 151 Å². The van der Waals surface area contributed by atoms with Gasteiger partial charge in [-0.3, -0.25) is 0 Å². The number of aromatic nitrogens is 1. The maximum atomic E-state index is 6.05. The van der Waals surface area contributed by atoms with Crippen LogP contribution < -0.4 is 0 Å². The van der Waals surface area contributed by atoms with Gasteiger partial charge in [-0.1, -0.05) is 54.1 Å². The number of hydrogen-bond acceptors (Lipinski definition) is 3. The van der Waals surface area contributed by atoms with Gasteiger partial charge < -0.3 is 9.47 Å². The predicted octanol–water partition coefficient (Wildman–Crippen LogP) is 5.19. The van der Waals surface area contributed by atoms with Crippen molar-refractivity contribution in [1.29, 1.82) is 0 Å². The highest BCUT2D eigenvalue weighted by molar-refractivity contribution is 6.31. The van der Waals surface area contributed by atoms with E-state index in [9.17, 15) is 0 Å². The van der Waals surface area contributed by atoms with Crippen LogP contribution >= 0.6 is 11.6 Å². The Morgan fingerprint density at radius 3 is 2.76 bits per heavy atom. The lowest BCUT2D eigenvalue weighted by Crippen LogP contribution is -1.98. The van der Waals surface area contributed by atoms with Crippen molar-refractivity contribution in [1.82, 2.24) is 4.98 Å². The zero-order valence-electron chi connectivity index (χ0n) is 13.7. The Kier molecular flexibility index (Phi) is 4.79. The molecule has 0 atom stereocenters. The maximum absolute atomic E-state index is 6.05. The summed E-state index contributed by atoms with van der Waals surface area (Å²) in [5.41, 5.74) is 4.12. The second kappa shape index (κ2) is 7.36.